The average molecular weight is 168 g/mol. The summed E-state index contributed by atoms with van der Waals surface area (Å²) >= 11 is 0. The van der Waals surface area contributed by atoms with Crippen molar-refractivity contribution in [3.8, 4) is 0 Å². The van der Waals surface area contributed by atoms with Crippen molar-refractivity contribution in [3.05, 3.63) is 0 Å². The van der Waals surface area contributed by atoms with Crippen molar-refractivity contribution in [3.63, 3.8) is 0 Å². The predicted molar refractivity (Wildman–Crippen MR) is 46.8 cm³/mol. The molecular weight excluding hydrogens is 152 g/mol. The maximum absolute atomic E-state index is 11.3. The summed E-state index contributed by atoms with van der Waals surface area (Å²) < 4.78 is 0. The monoisotopic (exact) mass is 168 g/mol. The molecule has 3 nitrogen and oxygen atoms in total. The molecule has 3 heteroatoms. The molecule has 1 amide bonds. The summed E-state index contributed by atoms with van der Waals surface area (Å²) in [5.41, 5.74) is 0.0473. The number of carbonyl (C=O) groups is 1. The molecule has 0 atom stereocenters. The number of rotatable bonds is 1. The van der Waals surface area contributed by atoms with Crippen LogP contribution in [0.1, 0.15) is 19.8 Å². The Balaban J connectivity index is 1.93. The van der Waals surface area contributed by atoms with Crippen LogP contribution in [-0.2, 0) is 4.79 Å². The van der Waals surface area contributed by atoms with E-state index in [1.165, 1.54) is 0 Å². The predicted octanol–water partition coefficient (Wildman–Crippen LogP) is 0.218. The topological polar surface area (TPSA) is 32.3 Å². The van der Waals surface area contributed by atoms with Crippen LogP contribution in [0.2, 0.25) is 0 Å². The van der Waals surface area contributed by atoms with E-state index in [9.17, 15) is 4.79 Å². The van der Waals surface area contributed by atoms with Crippen molar-refractivity contribution in [2.45, 2.75) is 19.8 Å². The van der Waals surface area contributed by atoms with Gasteiger partial charge in [-0.3, -0.25) is 4.79 Å². The number of hydrogen-bond donors (Lipinski definition) is 1. The summed E-state index contributed by atoms with van der Waals surface area (Å²) in [6.07, 6.45) is 2.12. The van der Waals surface area contributed by atoms with E-state index >= 15 is 0 Å². The van der Waals surface area contributed by atoms with Gasteiger partial charge in [0.25, 0.3) is 0 Å². The number of amides is 1. The first-order chi connectivity index (χ1) is 5.77. The van der Waals surface area contributed by atoms with E-state index in [0.29, 0.717) is 5.91 Å². The van der Waals surface area contributed by atoms with Crippen LogP contribution in [0, 0.1) is 5.41 Å². The summed E-state index contributed by atoms with van der Waals surface area (Å²) in [6, 6.07) is 0. The van der Waals surface area contributed by atoms with Crippen molar-refractivity contribution >= 4 is 5.91 Å². The summed E-state index contributed by atoms with van der Waals surface area (Å²) in [6.45, 7) is 6.42. The molecule has 2 aliphatic rings. The highest BCUT2D eigenvalue weighted by Crippen LogP contribution is 2.35. The van der Waals surface area contributed by atoms with Gasteiger partial charge in [-0.1, -0.05) is 6.92 Å². The molecule has 0 aromatic heterocycles. The van der Waals surface area contributed by atoms with Crippen molar-refractivity contribution in [2.24, 2.45) is 5.41 Å². The smallest absolute Gasteiger partial charge is 0.228 e. The largest absolute Gasteiger partial charge is 0.354 e. The Hall–Kier alpha value is -0.570. The maximum Gasteiger partial charge on any atom is 0.228 e. The van der Waals surface area contributed by atoms with Gasteiger partial charge in [0.1, 0.15) is 0 Å². The lowest BCUT2D eigenvalue weighted by atomic mass is 9.72. The maximum atomic E-state index is 11.3. The van der Waals surface area contributed by atoms with Crippen LogP contribution in [-0.4, -0.2) is 37.0 Å². The minimum absolute atomic E-state index is 0.0473. The molecule has 0 unspecified atom stereocenters. The number of hydrogen-bond acceptors (Lipinski definition) is 2. The second-order valence-electron chi connectivity index (χ2n) is 3.90. The Morgan fingerprint density at radius 2 is 2.17 bits per heavy atom. The van der Waals surface area contributed by atoms with Crippen LogP contribution in [0.15, 0.2) is 0 Å². The van der Waals surface area contributed by atoms with Gasteiger partial charge in [0.2, 0.25) is 5.91 Å². The van der Waals surface area contributed by atoms with Crippen molar-refractivity contribution in [1.29, 1.82) is 0 Å². The molecule has 0 radical (unpaired) electrons. The third kappa shape index (κ3) is 1.04. The summed E-state index contributed by atoms with van der Waals surface area (Å²) in [4.78, 5) is 13.7. The van der Waals surface area contributed by atoms with Crippen LogP contribution in [0.5, 0.6) is 0 Å². The van der Waals surface area contributed by atoms with Crippen LogP contribution < -0.4 is 5.32 Å². The Morgan fingerprint density at radius 3 is 2.50 bits per heavy atom. The molecule has 2 aliphatic heterocycles. The fourth-order valence-electron chi connectivity index (χ4n) is 2.11. The first-order valence-corrected chi connectivity index (χ1v) is 4.77. The summed E-state index contributed by atoms with van der Waals surface area (Å²) in [5, 5.41) is 2.84. The molecule has 2 saturated heterocycles. The number of piperidine rings is 1. The fraction of sp³-hybridized carbons (Fsp3) is 0.889. The van der Waals surface area contributed by atoms with Gasteiger partial charge in [0, 0.05) is 6.54 Å². The van der Waals surface area contributed by atoms with E-state index < -0.39 is 0 Å². The molecule has 1 N–H and O–H groups in total. The highest BCUT2D eigenvalue weighted by atomic mass is 16.2. The molecule has 0 saturated carbocycles. The van der Waals surface area contributed by atoms with E-state index in [0.717, 1.165) is 39.0 Å². The lowest BCUT2D eigenvalue weighted by molar-refractivity contribution is -0.143. The third-order valence-corrected chi connectivity index (χ3v) is 3.33. The highest BCUT2D eigenvalue weighted by Gasteiger charge is 2.47. The quantitative estimate of drug-likeness (QED) is 0.568. The van der Waals surface area contributed by atoms with E-state index in [4.69, 9.17) is 0 Å². The van der Waals surface area contributed by atoms with Gasteiger partial charge in [-0.2, -0.15) is 0 Å². The Bertz CT molecular complexity index is 195. The van der Waals surface area contributed by atoms with E-state index in [1.807, 2.05) is 0 Å². The zero-order valence-electron chi connectivity index (χ0n) is 7.60. The number of β-lactam (4-membered cyclic amide) rings is 1. The standard InChI is InChI=1S/C9H16N2O/c1-2-11-5-3-9(4-6-11)7-10-8(9)12/h2-7H2,1H3,(H,10,12). The molecule has 0 aliphatic carbocycles. The Morgan fingerprint density at radius 1 is 1.50 bits per heavy atom. The lowest BCUT2D eigenvalue weighted by Crippen LogP contribution is -2.62. The van der Waals surface area contributed by atoms with Crippen molar-refractivity contribution in [2.75, 3.05) is 26.2 Å². The number of nitrogens with one attached hydrogen (secondary N) is 1. The first kappa shape index (κ1) is 8.05. The first-order valence-electron chi connectivity index (χ1n) is 4.77. The molecule has 68 valence electrons. The summed E-state index contributed by atoms with van der Waals surface area (Å²) in [5.74, 6) is 0.290. The molecule has 2 heterocycles. The Labute approximate surface area is 73.1 Å². The molecule has 0 bridgehead atoms. The molecule has 0 aromatic rings. The second-order valence-corrected chi connectivity index (χ2v) is 3.90. The molecule has 0 aromatic carbocycles. The van der Waals surface area contributed by atoms with Gasteiger partial charge >= 0.3 is 0 Å². The number of nitrogens with zero attached hydrogens (tertiary/aromatic N) is 1. The second kappa shape index (κ2) is 2.73. The van der Waals surface area contributed by atoms with Gasteiger partial charge in [-0.05, 0) is 32.5 Å². The zero-order valence-corrected chi connectivity index (χ0v) is 7.60. The molecule has 2 rings (SSSR count). The van der Waals surface area contributed by atoms with Gasteiger partial charge < -0.3 is 10.2 Å². The fourth-order valence-corrected chi connectivity index (χ4v) is 2.11. The van der Waals surface area contributed by atoms with Crippen molar-refractivity contribution < 1.29 is 4.79 Å². The van der Waals surface area contributed by atoms with Gasteiger partial charge in [0.05, 0.1) is 5.41 Å². The van der Waals surface area contributed by atoms with Gasteiger partial charge in [-0.25, -0.2) is 0 Å². The Kier molecular flexibility index (Phi) is 1.83. The van der Waals surface area contributed by atoms with Crippen LogP contribution in [0.4, 0.5) is 0 Å². The lowest BCUT2D eigenvalue weighted by Gasteiger charge is -2.46. The molecule has 1 spiro atoms. The van der Waals surface area contributed by atoms with Gasteiger partial charge in [0.15, 0.2) is 0 Å². The normalized spacial score (nSPS) is 28.2. The van der Waals surface area contributed by atoms with E-state index in [-0.39, 0.29) is 5.41 Å². The molecule has 2 fully saturated rings. The average Bonchev–Trinajstić information content (AvgIpc) is 2.16. The summed E-state index contributed by atoms with van der Waals surface area (Å²) in [7, 11) is 0. The third-order valence-electron chi connectivity index (χ3n) is 3.33. The molecule has 12 heavy (non-hydrogen) atoms. The van der Waals surface area contributed by atoms with Crippen molar-refractivity contribution in [1.82, 2.24) is 10.2 Å². The SMILES string of the molecule is CCN1CCC2(CC1)CNC2=O. The van der Waals surface area contributed by atoms with Crippen LogP contribution in [0.25, 0.3) is 0 Å². The minimum Gasteiger partial charge on any atom is -0.354 e. The van der Waals surface area contributed by atoms with E-state index in [2.05, 4.69) is 17.1 Å². The number of carbonyl (C=O) groups excluding carboxylic acids is 1. The van der Waals surface area contributed by atoms with Crippen LogP contribution >= 0.6 is 0 Å². The zero-order chi connectivity index (χ0) is 8.60. The van der Waals surface area contributed by atoms with E-state index in [1.54, 1.807) is 0 Å². The minimum atomic E-state index is 0.0473. The molecular formula is C9H16N2O. The van der Waals surface area contributed by atoms with Crippen LogP contribution in [0.3, 0.4) is 0 Å². The highest BCUT2D eigenvalue weighted by molar-refractivity contribution is 5.88. The number of likely N-dealkylation sites (tertiary alicyclic amines) is 1. The van der Waals surface area contributed by atoms with Gasteiger partial charge in [-0.15, -0.1) is 0 Å².